The second-order valence-electron chi connectivity index (χ2n) is 19.5. The van der Waals surface area contributed by atoms with Gasteiger partial charge in [0.2, 0.25) is 0 Å². The number of methoxy groups -OCH3 is 3. The Hall–Kier alpha value is -2.82. The molecule has 4 fully saturated rings. The number of esters is 1. The van der Waals surface area contributed by atoms with Crippen molar-refractivity contribution >= 4 is 23.4 Å². The fourth-order valence-corrected chi connectivity index (χ4v) is 10.7. The molecule has 5 aliphatic rings. The SMILES string of the molecule is CO[C@H]1C[C@@H](C)C/C(C)=C/[C@@H](C/C=C/C2(O)COC2)C(=O)C[C@H](O)[C@@H](C)[C@@H](/C(C)=C/[C@@H]2CC[C@@H](O)[C@H](OC)C2)OC(=O)[C@@H]2CCCCN2C(=O)C(=O)[C@]2(O)C[C@H]1[C@@H](OC)C[C@H]2C. The van der Waals surface area contributed by atoms with Crippen LogP contribution in [0.25, 0.3) is 0 Å². The highest BCUT2D eigenvalue weighted by Crippen LogP contribution is 2.43. The van der Waals surface area contributed by atoms with Crippen molar-refractivity contribution in [1.82, 2.24) is 4.90 Å². The molecule has 0 spiro atoms. The van der Waals surface area contributed by atoms with Gasteiger partial charge in [-0.05, 0) is 108 Å². The molecule has 3 aliphatic heterocycles. The number of amides is 1. The van der Waals surface area contributed by atoms with Gasteiger partial charge >= 0.3 is 5.97 Å². The Morgan fingerprint density at radius 3 is 2.21 bits per heavy atom. The van der Waals surface area contributed by atoms with Gasteiger partial charge in [0, 0.05) is 52.0 Å². The minimum Gasteiger partial charge on any atom is -0.456 e. The lowest BCUT2D eigenvalue weighted by molar-refractivity contribution is -0.178. The molecule has 0 unspecified atom stereocenters. The van der Waals surface area contributed by atoms with Crippen LogP contribution in [-0.4, -0.2) is 144 Å². The second-order valence-corrected chi connectivity index (χ2v) is 19.5. The number of carbonyl (C=O) groups is 4. The molecule has 4 N–H and O–H groups in total. The van der Waals surface area contributed by atoms with Crippen LogP contribution < -0.4 is 0 Å². The number of nitrogens with zero attached hydrogens (tertiary/aromatic N) is 1. The third kappa shape index (κ3) is 11.9. The van der Waals surface area contributed by atoms with Crippen LogP contribution in [0.4, 0.5) is 0 Å². The quantitative estimate of drug-likeness (QED) is 0.152. The maximum Gasteiger partial charge on any atom is 0.329 e. The number of allylic oxidation sites excluding steroid dienone is 4. The molecule has 2 aliphatic carbocycles. The van der Waals surface area contributed by atoms with Gasteiger partial charge in [0.1, 0.15) is 29.1 Å². The number of ether oxygens (including phenoxy) is 5. The van der Waals surface area contributed by atoms with E-state index in [2.05, 4.69) is 6.92 Å². The van der Waals surface area contributed by atoms with E-state index in [0.717, 1.165) is 5.57 Å². The number of aliphatic hydroxyl groups excluding tert-OH is 2. The van der Waals surface area contributed by atoms with Gasteiger partial charge < -0.3 is 49.0 Å². The third-order valence-corrected chi connectivity index (χ3v) is 14.6. The van der Waals surface area contributed by atoms with E-state index in [1.165, 1.54) is 4.90 Å². The van der Waals surface area contributed by atoms with Crippen LogP contribution >= 0.6 is 0 Å². The normalized spacial score (nSPS) is 40.8. The number of aliphatic hydroxyl groups is 4. The lowest BCUT2D eigenvalue weighted by Gasteiger charge is -2.47. The highest BCUT2D eigenvalue weighted by molar-refractivity contribution is 6.39. The Labute approximate surface area is 368 Å². The van der Waals surface area contributed by atoms with E-state index in [0.29, 0.717) is 56.9 Å². The Balaban J connectivity index is 1.55. The van der Waals surface area contributed by atoms with Gasteiger partial charge in [-0.2, -0.15) is 0 Å². The van der Waals surface area contributed by atoms with Gasteiger partial charge in [0.15, 0.2) is 0 Å². The van der Waals surface area contributed by atoms with Crippen molar-refractivity contribution < 1.29 is 63.3 Å². The molecule has 350 valence electrons. The first kappa shape index (κ1) is 50.2. The number of fused-ring (bicyclic) bond motifs is 3. The molecule has 0 aromatic rings. The van der Waals surface area contributed by atoms with E-state index in [-0.39, 0.29) is 75.3 Å². The summed E-state index contributed by atoms with van der Waals surface area (Å²) in [5.74, 6) is -5.29. The van der Waals surface area contributed by atoms with E-state index < -0.39 is 83.0 Å². The van der Waals surface area contributed by atoms with Gasteiger partial charge in [0.05, 0.1) is 43.7 Å². The van der Waals surface area contributed by atoms with Crippen molar-refractivity contribution in [3.63, 3.8) is 0 Å². The van der Waals surface area contributed by atoms with Gasteiger partial charge in [-0.25, -0.2) is 4.79 Å². The maximum atomic E-state index is 14.5. The standard InChI is InChI=1S/C48H75NO13/c1-28-18-29(2)20-40(58-6)35-25-48(57,31(4)22-41(35)59-7)44(53)45(54)49-17-10-9-13-36(49)46(55)62-43(30(3)21-33-14-15-37(50)42(23-33)60-8)32(5)38(51)24-39(52)34(19-28)12-11-16-47(56)26-61-27-47/h11,16,19,21,29,31-38,40-43,50-51,56-57H,9-10,12-15,17-18,20,22-27H2,1-8H3/b16-11+,28-19+,30-21+/t29-,31+,32+,33-,34+,35+,36-,37+,38-,40-,41-,42+,43+,48-/m0/s1. The first-order chi connectivity index (χ1) is 29.3. The lowest BCUT2D eigenvalue weighted by atomic mass is 9.65. The van der Waals surface area contributed by atoms with Crippen LogP contribution in [0.3, 0.4) is 0 Å². The number of hydrogen-bond donors (Lipinski definition) is 4. The summed E-state index contributed by atoms with van der Waals surface area (Å²) in [5.41, 5.74) is -1.53. The first-order valence-electron chi connectivity index (χ1n) is 22.9. The maximum absolute atomic E-state index is 14.5. The largest absolute Gasteiger partial charge is 0.456 e. The zero-order valence-corrected chi connectivity index (χ0v) is 38.3. The predicted molar refractivity (Wildman–Crippen MR) is 231 cm³/mol. The van der Waals surface area contributed by atoms with Crippen molar-refractivity contribution in [2.75, 3.05) is 41.1 Å². The number of Topliss-reactive ketones (excluding diaryl/α,β-unsaturated/α-hetero) is 2. The molecule has 14 heteroatoms. The minimum atomic E-state index is -2.04. The molecule has 1 amide bonds. The average Bonchev–Trinajstić information content (AvgIpc) is 3.23. The first-order valence-corrected chi connectivity index (χ1v) is 22.9. The van der Waals surface area contributed by atoms with Crippen molar-refractivity contribution in [3.05, 3.63) is 35.5 Å². The van der Waals surface area contributed by atoms with Crippen LogP contribution in [0.1, 0.15) is 112 Å². The fourth-order valence-electron chi connectivity index (χ4n) is 10.7. The summed E-state index contributed by atoms with van der Waals surface area (Å²) >= 11 is 0. The smallest absolute Gasteiger partial charge is 0.329 e. The van der Waals surface area contributed by atoms with Crippen LogP contribution in [0.2, 0.25) is 0 Å². The second kappa shape index (κ2) is 21.9. The van der Waals surface area contributed by atoms with Crippen molar-refractivity contribution in [3.8, 4) is 0 Å². The molecule has 2 saturated heterocycles. The number of cyclic esters (lactones) is 1. The molecule has 0 radical (unpaired) electrons. The lowest BCUT2D eigenvalue weighted by Crippen LogP contribution is -2.61. The number of hydrogen-bond acceptors (Lipinski definition) is 13. The highest BCUT2D eigenvalue weighted by Gasteiger charge is 2.55. The summed E-state index contributed by atoms with van der Waals surface area (Å²) in [4.78, 5) is 58.8. The topological polar surface area (TPSA) is 199 Å². The summed E-state index contributed by atoms with van der Waals surface area (Å²) in [7, 11) is 4.75. The van der Waals surface area contributed by atoms with Gasteiger partial charge in [-0.1, -0.05) is 50.6 Å². The highest BCUT2D eigenvalue weighted by atomic mass is 16.6. The number of piperidine rings is 1. The van der Waals surface area contributed by atoms with E-state index in [1.807, 2.05) is 26.0 Å². The van der Waals surface area contributed by atoms with E-state index in [1.54, 1.807) is 47.3 Å². The number of carbonyl (C=O) groups excluding carboxylic acids is 4. The Morgan fingerprint density at radius 2 is 1.56 bits per heavy atom. The molecule has 62 heavy (non-hydrogen) atoms. The molecule has 14 atom stereocenters. The fraction of sp³-hybridized carbons (Fsp3) is 0.792. The molecule has 0 aromatic carbocycles. The predicted octanol–water partition coefficient (Wildman–Crippen LogP) is 4.43. The van der Waals surface area contributed by atoms with E-state index >= 15 is 0 Å². The number of ketones is 2. The van der Waals surface area contributed by atoms with E-state index in [9.17, 15) is 39.6 Å². The Bertz CT molecular complexity index is 1660. The third-order valence-electron chi connectivity index (χ3n) is 14.6. The molecule has 14 nitrogen and oxygen atoms in total. The molecular weight excluding hydrogens is 799 g/mol. The molecular formula is C48H75NO13. The molecule has 2 bridgehead atoms. The average molecular weight is 874 g/mol. The van der Waals surface area contributed by atoms with Crippen molar-refractivity contribution in [2.45, 2.75) is 166 Å². The van der Waals surface area contributed by atoms with Crippen LogP contribution in [0.5, 0.6) is 0 Å². The summed E-state index contributed by atoms with van der Waals surface area (Å²) in [6, 6.07) is -1.11. The van der Waals surface area contributed by atoms with Crippen LogP contribution in [0.15, 0.2) is 35.5 Å². The molecule has 3 heterocycles. The summed E-state index contributed by atoms with van der Waals surface area (Å²) < 4.78 is 29.1. The van der Waals surface area contributed by atoms with Gasteiger partial charge in [-0.3, -0.25) is 14.4 Å². The Morgan fingerprint density at radius 1 is 0.887 bits per heavy atom. The summed E-state index contributed by atoms with van der Waals surface area (Å²) in [6.45, 7) is 9.81. The number of rotatable bonds is 8. The van der Waals surface area contributed by atoms with Gasteiger partial charge in [-0.15, -0.1) is 0 Å². The molecule has 5 rings (SSSR count). The zero-order valence-electron chi connectivity index (χ0n) is 38.3. The van der Waals surface area contributed by atoms with Crippen LogP contribution in [0, 0.1) is 35.5 Å². The monoisotopic (exact) mass is 874 g/mol. The zero-order chi connectivity index (χ0) is 45.5. The Kier molecular flexibility index (Phi) is 17.7. The van der Waals surface area contributed by atoms with Crippen molar-refractivity contribution in [1.29, 1.82) is 0 Å². The molecule has 0 aromatic heterocycles. The van der Waals surface area contributed by atoms with E-state index in [4.69, 9.17) is 23.7 Å². The minimum absolute atomic E-state index is 0.0245. The molecule has 2 saturated carbocycles. The summed E-state index contributed by atoms with van der Waals surface area (Å²) in [5, 5.41) is 45.4. The van der Waals surface area contributed by atoms with Gasteiger partial charge in [0.25, 0.3) is 11.7 Å². The summed E-state index contributed by atoms with van der Waals surface area (Å²) in [6.07, 6.45) is 7.94. The van der Waals surface area contributed by atoms with Crippen molar-refractivity contribution in [2.24, 2.45) is 35.5 Å². The van der Waals surface area contributed by atoms with Crippen LogP contribution in [-0.2, 0) is 42.9 Å².